The summed E-state index contributed by atoms with van der Waals surface area (Å²) in [5.41, 5.74) is 0.120. The molecule has 0 aliphatic heterocycles. The molecule has 17 heavy (non-hydrogen) atoms. The van der Waals surface area contributed by atoms with Crippen LogP contribution >= 0.6 is 0 Å². The van der Waals surface area contributed by atoms with Crippen molar-refractivity contribution in [1.82, 2.24) is 4.98 Å². The molecule has 2 rings (SSSR count). The molecule has 1 aromatic heterocycles. The number of hydrogen-bond acceptors (Lipinski definition) is 2. The molecule has 3 nitrogen and oxygen atoms in total. The summed E-state index contributed by atoms with van der Waals surface area (Å²) in [7, 11) is 0. The number of rotatable bonds is 2. The number of carboxylic acid groups (broad SMARTS) is 1. The van der Waals surface area contributed by atoms with Gasteiger partial charge in [0, 0.05) is 5.56 Å². The average Bonchev–Trinajstić information content (AvgIpc) is 2.29. The van der Waals surface area contributed by atoms with Crippen molar-refractivity contribution in [1.29, 1.82) is 0 Å². The van der Waals surface area contributed by atoms with Crippen LogP contribution in [0.25, 0.3) is 11.3 Å². The molecule has 1 heterocycles. The van der Waals surface area contributed by atoms with E-state index in [2.05, 4.69) is 4.98 Å². The molecule has 2 aromatic rings. The number of hydrogen-bond donors (Lipinski definition) is 1. The van der Waals surface area contributed by atoms with Gasteiger partial charge in [-0.15, -0.1) is 0 Å². The Morgan fingerprint density at radius 1 is 1.24 bits per heavy atom. The average molecular weight is 235 g/mol. The van der Waals surface area contributed by atoms with Gasteiger partial charge in [-0.3, -0.25) is 4.98 Å². The predicted octanol–water partition coefficient (Wildman–Crippen LogP) is 2.73. The molecule has 0 atom stereocenters. The molecular formula is C12H7F2NO2. The number of halogens is 2. The number of carboxylic acids is 1. The van der Waals surface area contributed by atoms with E-state index >= 15 is 0 Å². The summed E-state index contributed by atoms with van der Waals surface area (Å²) in [5, 5.41) is 8.75. The van der Waals surface area contributed by atoms with E-state index in [4.69, 9.17) is 5.11 Å². The minimum atomic E-state index is -1.39. The summed E-state index contributed by atoms with van der Waals surface area (Å²) in [6.45, 7) is 0. The third-order valence-electron chi connectivity index (χ3n) is 2.21. The largest absolute Gasteiger partial charge is 0.478 e. The topological polar surface area (TPSA) is 50.2 Å². The summed E-state index contributed by atoms with van der Waals surface area (Å²) >= 11 is 0. The number of pyridine rings is 1. The van der Waals surface area contributed by atoms with Gasteiger partial charge in [0.15, 0.2) is 5.82 Å². The van der Waals surface area contributed by atoms with Crippen molar-refractivity contribution in [2.24, 2.45) is 0 Å². The van der Waals surface area contributed by atoms with Gasteiger partial charge in [-0.05, 0) is 18.2 Å². The standard InChI is InChI=1S/C12H7F2NO2/c13-8-3-1-2-7(4-8)11-5-9(12(16)17)10(14)6-15-11/h1-6H,(H,16,17). The van der Waals surface area contributed by atoms with Crippen LogP contribution in [0.5, 0.6) is 0 Å². The van der Waals surface area contributed by atoms with Gasteiger partial charge in [0.05, 0.1) is 17.5 Å². The fraction of sp³-hybridized carbons (Fsp3) is 0. The highest BCUT2D eigenvalue weighted by atomic mass is 19.1. The lowest BCUT2D eigenvalue weighted by Gasteiger charge is -2.03. The van der Waals surface area contributed by atoms with Crippen LogP contribution in [0.1, 0.15) is 10.4 Å². The second-order valence-electron chi connectivity index (χ2n) is 3.36. The smallest absolute Gasteiger partial charge is 0.338 e. The number of nitrogens with zero attached hydrogens (tertiary/aromatic N) is 1. The fourth-order valence-corrected chi connectivity index (χ4v) is 1.41. The Labute approximate surface area is 95.4 Å². The zero-order valence-corrected chi connectivity index (χ0v) is 8.52. The van der Waals surface area contributed by atoms with Crippen molar-refractivity contribution in [2.45, 2.75) is 0 Å². The monoisotopic (exact) mass is 235 g/mol. The number of aromatic carboxylic acids is 1. The van der Waals surface area contributed by atoms with Gasteiger partial charge in [0.25, 0.3) is 0 Å². The van der Waals surface area contributed by atoms with Crippen LogP contribution in [0.2, 0.25) is 0 Å². The van der Waals surface area contributed by atoms with Gasteiger partial charge in [-0.25, -0.2) is 13.6 Å². The molecule has 1 aromatic carbocycles. The zero-order chi connectivity index (χ0) is 12.4. The van der Waals surface area contributed by atoms with E-state index in [0.717, 1.165) is 12.3 Å². The molecule has 0 aliphatic carbocycles. The van der Waals surface area contributed by atoms with Crippen LogP contribution in [-0.4, -0.2) is 16.1 Å². The van der Waals surface area contributed by atoms with Gasteiger partial charge in [-0.1, -0.05) is 12.1 Å². The third-order valence-corrected chi connectivity index (χ3v) is 2.21. The molecule has 1 N–H and O–H groups in total. The van der Waals surface area contributed by atoms with E-state index in [0.29, 0.717) is 5.56 Å². The molecule has 86 valence electrons. The van der Waals surface area contributed by atoms with Crippen molar-refractivity contribution in [3.05, 3.63) is 53.7 Å². The van der Waals surface area contributed by atoms with Crippen molar-refractivity contribution in [3.63, 3.8) is 0 Å². The number of benzene rings is 1. The normalized spacial score (nSPS) is 10.2. The molecule has 0 saturated heterocycles. The van der Waals surface area contributed by atoms with E-state index in [9.17, 15) is 13.6 Å². The summed E-state index contributed by atoms with van der Waals surface area (Å²) in [6.07, 6.45) is 0.809. The van der Waals surface area contributed by atoms with Crippen LogP contribution in [-0.2, 0) is 0 Å². The summed E-state index contributed by atoms with van der Waals surface area (Å²) < 4.78 is 26.1. The lowest BCUT2D eigenvalue weighted by atomic mass is 10.1. The maximum atomic E-state index is 13.1. The van der Waals surface area contributed by atoms with Crippen molar-refractivity contribution >= 4 is 5.97 Å². The van der Waals surface area contributed by atoms with Crippen molar-refractivity contribution in [2.75, 3.05) is 0 Å². The van der Waals surface area contributed by atoms with Gasteiger partial charge >= 0.3 is 5.97 Å². The third kappa shape index (κ3) is 2.28. The lowest BCUT2D eigenvalue weighted by molar-refractivity contribution is 0.0691. The molecule has 0 unspecified atom stereocenters. The Hall–Kier alpha value is -2.30. The Balaban J connectivity index is 2.54. The summed E-state index contributed by atoms with van der Waals surface area (Å²) in [5.74, 6) is -2.77. The first-order valence-corrected chi connectivity index (χ1v) is 4.72. The Bertz CT molecular complexity index is 584. The highest BCUT2D eigenvalue weighted by Gasteiger charge is 2.12. The first kappa shape index (κ1) is 11.2. The number of aromatic nitrogens is 1. The maximum absolute atomic E-state index is 13.1. The van der Waals surface area contributed by atoms with Crippen LogP contribution in [0.15, 0.2) is 36.5 Å². The van der Waals surface area contributed by atoms with Crippen LogP contribution in [0, 0.1) is 11.6 Å². The van der Waals surface area contributed by atoms with E-state index < -0.39 is 23.2 Å². The van der Waals surface area contributed by atoms with Gasteiger partial charge in [0.1, 0.15) is 5.82 Å². The first-order valence-electron chi connectivity index (χ1n) is 4.72. The summed E-state index contributed by atoms with van der Waals surface area (Å²) in [6, 6.07) is 6.56. The van der Waals surface area contributed by atoms with Crippen LogP contribution < -0.4 is 0 Å². The molecule has 0 amide bonds. The van der Waals surface area contributed by atoms with Crippen molar-refractivity contribution < 1.29 is 18.7 Å². The highest BCUT2D eigenvalue weighted by Crippen LogP contribution is 2.20. The van der Waals surface area contributed by atoms with Crippen LogP contribution in [0.4, 0.5) is 8.78 Å². The minimum Gasteiger partial charge on any atom is -0.478 e. The SMILES string of the molecule is O=C(O)c1cc(-c2cccc(F)c2)ncc1F. The van der Waals surface area contributed by atoms with Gasteiger partial charge < -0.3 is 5.11 Å². The Morgan fingerprint density at radius 2 is 2.00 bits per heavy atom. The molecule has 0 bridgehead atoms. The van der Waals surface area contributed by atoms with E-state index in [-0.39, 0.29) is 5.69 Å². The van der Waals surface area contributed by atoms with E-state index in [1.807, 2.05) is 0 Å². The quantitative estimate of drug-likeness (QED) is 0.870. The molecule has 5 heteroatoms. The molecule has 0 fully saturated rings. The molecule has 0 radical (unpaired) electrons. The van der Waals surface area contributed by atoms with Gasteiger partial charge in [0.2, 0.25) is 0 Å². The lowest BCUT2D eigenvalue weighted by Crippen LogP contribution is -2.02. The van der Waals surface area contributed by atoms with Crippen molar-refractivity contribution in [3.8, 4) is 11.3 Å². The number of carbonyl (C=O) groups is 1. The highest BCUT2D eigenvalue weighted by molar-refractivity contribution is 5.89. The van der Waals surface area contributed by atoms with Gasteiger partial charge in [-0.2, -0.15) is 0 Å². The zero-order valence-electron chi connectivity index (χ0n) is 8.52. The van der Waals surface area contributed by atoms with E-state index in [1.54, 1.807) is 6.07 Å². The Morgan fingerprint density at radius 3 is 2.65 bits per heavy atom. The van der Waals surface area contributed by atoms with E-state index in [1.165, 1.54) is 18.2 Å². The predicted molar refractivity (Wildman–Crippen MR) is 56.5 cm³/mol. The van der Waals surface area contributed by atoms with Crippen LogP contribution in [0.3, 0.4) is 0 Å². The molecule has 0 spiro atoms. The molecule has 0 aliphatic rings. The minimum absolute atomic E-state index is 0.211. The maximum Gasteiger partial charge on any atom is 0.338 e. The second-order valence-corrected chi connectivity index (χ2v) is 3.36. The summed E-state index contributed by atoms with van der Waals surface area (Å²) in [4.78, 5) is 14.5. The first-order chi connectivity index (χ1) is 8.08. The molecular weight excluding hydrogens is 228 g/mol. The second kappa shape index (κ2) is 4.29. The fourth-order valence-electron chi connectivity index (χ4n) is 1.41. The Kier molecular flexibility index (Phi) is 2.82. The molecule has 0 saturated carbocycles.